The van der Waals surface area contributed by atoms with Gasteiger partial charge in [-0.05, 0) is 0 Å². The van der Waals surface area contributed by atoms with Crippen molar-refractivity contribution in [1.82, 2.24) is 40.0 Å². The number of carbonyl (C=O) groups is 10. The van der Waals surface area contributed by atoms with E-state index in [2.05, 4.69) is 30.2 Å². The third-order valence-electron chi connectivity index (χ3n) is 12.0. The van der Waals surface area contributed by atoms with Crippen LogP contribution in [0, 0.1) is 0 Å². The Morgan fingerprint density at radius 2 is 0.459 bits per heavy atom. The fraction of sp³-hybridized carbons (Fsp3) is 0.783. The smallest absolute Gasteiger partial charge is 0.344 e. The molecule has 0 radical (unpaired) electrons. The second kappa shape index (κ2) is 36.3. The van der Waals surface area contributed by atoms with E-state index < -0.39 is 113 Å². The van der Waals surface area contributed by atoms with E-state index in [9.17, 15) is 47.9 Å². The van der Waals surface area contributed by atoms with E-state index in [0.717, 1.165) is 52.4 Å². The first-order chi connectivity index (χ1) is 35.8. The normalized spacial score (nSPS) is 17.2. The Hall–Kier alpha value is -5.62. The van der Waals surface area contributed by atoms with Crippen LogP contribution < -0.4 is 10.6 Å². The molecule has 2 N–H and O–H groups in total. The molecule has 4 heterocycles. The molecule has 4 fully saturated rings. The van der Waals surface area contributed by atoms with Crippen LogP contribution in [0.15, 0.2) is 0 Å². The summed E-state index contributed by atoms with van der Waals surface area (Å²) >= 11 is 0. The van der Waals surface area contributed by atoms with Crippen LogP contribution in [0.5, 0.6) is 0 Å². The lowest BCUT2D eigenvalue weighted by molar-refractivity contribution is -0.169. The zero-order chi connectivity index (χ0) is 53.2. The molecule has 0 amide bonds. The van der Waals surface area contributed by atoms with E-state index in [1.165, 1.54) is 0 Å². The van der Waals surface area contributed by atoms with E-state index in [4.69, 9.17) is 47.4 Å². The van der Waals surface area contributed by atoms with Crippen LogP contribution in [0.25, 0.3) is 0 Å². The van der Waals surface area contributed by atoms with Crippen LogP contribution in [-0.2, 0) is 95.3 Å². The van der Waals surface area contributed by atoms with Gasteiger partial charge in [0.2, 0.25) is 13.6 Å². The van der Waals surface area contributed by atoms with Crippen molar-refractivity contribution in [2.45, 2.75) is 38.5 Å². The molecule has 74 heavy (non-hydrogen) atoms. The molecule has 0 aromatic rings. The van der Waals surface area contributed by atoms with Crippen LogP contribution >= 0.6 is 0 Å². The van der Waals surface area contributed by atoms with E-state index in [1.54, 1.807) is 0 Å². The molecule has 4 aliphatic rings. The quantitative estimate of drug-likeness (QED) is 0.0272. The Bertz CT molecular complexity index is 1660. The van der Waals surface area contributed by atoms with Gasteiger partial charge in [0, 0.05) is 144 Å². The summed E-state index contributed by atoms with van der Waals surface area (Å²) in [7, 11) is 0. The summed E-state index contributed by atoms with van der Waals surface area (Å²) in [5.74, 6) is -6.94. The highest BCUT2D eigenvalue weighted by molar-refractivity contribution is 5.80. The highest BCUT2D eigenvalue weighted by Crippen LogP contribution is 2.07. The largest absolute Gasteiger partial charge is 0.460 e. The number of nitrogens with zero attached hydrogens (tertiary/aromatic N) is 6. The number of ether oxygens (including phenoxy) is 10. The van der Waals surface area contributed by atoms with Gasteiger partial charge < -0.3 is 87.4 Å². The predicted molar refractivity (Wildman–Crippen MR) is 252 cm³/mol. The topological polar surface area (TPSA) is 306 Å². The second-order valence-corrected chi connectivity index (χ2v) is 17.4. The van der Waals surface area contributed by atoms with Gasteiger partial charge in [-0.2, -0.15) is 0 Å². The van der Waals surface area contributed by atoms with Gasteiger partial charge in [-0.25, -0.2) is 19.2 Å². The minimum absolute atomic E-state index is 0.00939. The highest BCUT2D eigenvalue weighted by Gasteiger charge is 2.22. The number of hydrogen-bond acceptors (Lipinski definition) is 28. The molecule has 0 atom stereocenters. The molecule has 0 spiro atoms. The maximum absolute atomic E-state index is 12.2. The molecule has 418 valence electrons. The standard InChI is InChI=1S/C46H74N8O20/c55-37(1-13-51-21-25-53(26-22-51)15-5-41(59)73-35-71-39(57)3-11-49-17-7-47-8-18-49)67-33-45(63)69-31-43(61)65-29-30-66-44(62)32-70-46(64)34-68-38(56)2-14-52-23-27-54(28-24-52)16-6-42(60)74-36-72-40(58)4-12-50-19-9-48-10-20-50/h47-48H,1-36H2. The van der Waals surface area contributed by atoms with E-state index in [0.29, 0.717) is 91.6 Å². The molecule has 4 saturated heterocycles. The van der Waals surface area contributed by atoms with Crippen LogP contribution in [0.1, 0.15) is 38.5 Å². The number of hydrogen-bond donors (Lipinski definition) is 2. The van der Waals surface area contributed by atoms with E-state index >= 15 is 0 Å². The fourth-order valence-corrected chi connectivity index (χ4v) is 7.63. The molecule has 0 aromatic carbocycles. The Morgan fingerprint density at radius 1 is 0.257 bits per heavy atom. The first kappa shape index (κ1) is 60.9. The molecule has 0 saturated carbocycles. The van der Waals surface area contributed by atoms with Crippen LogP contribution in [0.4, 0.5) is 0 Å². The van der Waals surface area contributed by atoms with Crippen molar-refractivity contribution in [1.29, 1.82) is 0 Å². The Balaban J connectivity index is 0.881. The van der Waals surface area contributed by atoms with Crippen LogP contribution in [0.2, 0.25) is 0 Å². The molecule has 0 aliphatic carbocycles. The van der Waals surface area contributed by atoms with Crippen molar-refractivity contribution >= 4 is 59.7 Å². The molecule has 28 heteroatoms. The summed E-state index contributed by atoms with van der Waals surface area (Å²) in [5.41, 5.74) is 0. The number of carbonyl (C=O) groups excluding carboxylic acids is 10. The lowest BCUT2D eigenvalue weighted by atomic mass is 10.2. The van der Waals surface area contributed by atoms with Gasteiger partial charge in [-0.3, -0.25) is 28.8 Å². The van der Waals surface area contributed by atoms with Crippen LogP contribution in [-0.4, -0.2) is 286 Å². The van der Waals surface area contributed by atoms with Crippen molar-refractivity contribution in [2.24, 2.45) is 0 Å². The highest BCUT2D eigenvalue weighted by atomic mass is 16.7. The maximum Gasteiger partial charge on any atom is 0.344 e. The minimum atomic E-state index is -0.981. The maximum atomic E-state index is 12.2. The van der Waals surface area contributed by atoms with Gasteiger partial charge in [-0.1, -0.05) is 0 Å². The van der Waals surface area contributed by atoms with Gasteiger partial charge in [0.1, 0.15) is 13.2 Å². The summed E-state index contributed by atoms with van der Waals surface area (Å²) in [6.45, 7) is 10.5. The Labute approximate surface area is 430 Å². The molecule has 4 rings (SSSR count). The lowest BCUT2D eigenvalue weighted by Gasteiger charge is -2.34. The summed E-state index contributed by atoms with van der Waals surface area (Å²) < 4.78 is 49.1. The third-order valence-corrected chi connectivity index (χ3v) is 12.0. The van der Waals surface area contributed by atoms with E-state index in [1.807, 2.05) is 9.80 Å². The van der Waals surface area contributed by atoms with Crippen molar-refractivity contribution in [3.8, 4) is 0 Å². The Kier molecular flexibility index (Phi) is 29.9. The van der Waals surface area contributed by atoms with Crippen LogP contribution in [0.3, 0.4) is 0 Å². The first-order valence-electron chi connectivity index (χ1n) is 25.1. The molecule has 0 aromatic heterocycles. The third kappa shape index (κ3) is 28.7. The van der Waals surface area contributed by atoms with Crippen molar-refractivity contribution in [3.63, 3.8) is 0 Å². The van der Waals surface area contributed by atoms with Gasteiger partial charge >= 0.3 is 59.7 Å². The molecule has 0 bridgehead atoms. The zero-order valence-corrected chi connectivity index (χ0v) is 42.3. The number of esters is 10. The molecule has 4 aliphatic heterocycles. The lowest BCUT2D eigenvalue weighted by Crippen LogP contribution is -2.47. The van der Waals surface area contributed by atoms with E-state index in [-0.39, 0.29) is 38.5 Å². The van der Waals surface area contributed by atoms with Gasteiger partial charge in [0.05, 0.1) is 38.5 Å². The summed E-state index contributed by atoms with van der Waals surface area (Å²) in [6.07, 6.45) is 0.755. The first-order valence-corrected chi connectivity index (χ1v) is 25.1. The van der Waals surface area contributed by atoms with Gasteiger partial charge in [-0.15, -0.1) is 0 Å². The number of piperazine rings is 4. The van der Waals surface area contributed by atoms with Gasteiger partial charge in [0.15, 0.2) is 26.4 Å². The summed E-state index contributed by atoms with van der Waals surface area (Å²) in [6, 6.07) is 0. The molecular formula is C46H74N8O20. The summed E-state index contributed by atoms with van der Waals surface area (Å²) in [4.78, 5) is 133. The second-order valence-electron chi connectivity index (χ2n) is 17.4. The average Bonchev–Trinajstić information content (AvgIpc) is 3.41. The molecule has 0 unspecified atom stereocenters. The van der Waals surface area contributed by atoms with Crippen molar-refractivity contribution in [2.75, 3.05) is 197 Å². The molecule has 28 nitrogen and oxygen atoms in total. The number of nitrogens with one attached hydrogen (secondary N) is 2. The SMILES string of the molecule is O=C(CCN1CCNCC1)OCOC(=O)CCN1CCN(CCC(=O)OCC(=O)OCC(=O)OCCOC(=O)COC(=O)COC(=O)CCN2CCN(CCC(=O)OCOC(=O)CCN3CCNCC3)CC2)CC1. The summed E-state index contributed by atoms with van der Waals surface area (Å²) in [5, 5.41) is 6.49. The zero-order valence-electron chi connectivity index (χ0n) is 42.3. The number of rotatable bonds is 33. The Morgan fingerprint density at radius 3 is 0.716 bits per heavy atom. The fourth-order valence-electron chi connectivity index (χ4n) is 7.63. The van der Waals surface area contributed by atoms with Crippen molar-refractivity contribution < 1.29 is 95.3 Å². The minimum Gasteiger partial charge on any atom is -0.460 e. The van der Waals surface area contributed by atoms with Crippen molar-refractivity contribution in [3.05, 3.63) is 0 Å². The predicted octanol–water partition coefficient (Wildman–Crippen LogP) is -4.28. The average molecular weight is 1060 g/mol. The van der Waals surface area contributed by atoms with Gasteiger partial charge in [0.25, 0.3) is 0 Å². The monoisotopic (exact) mass is 1060 g/mol. The molecular weight excluding hydrogens is 985 g/mol.